The van der Waals surface area contributed by atoms with E-state index in [4.69, 9.17) is 0 Å². The Bertz CT molecular complexity index is 780. The highest BCUT2D eigenvalue weighted by Gasteiger charge is 2.08. The Balaban J connectivity index is 1.65. The van der Waals surface area contributed by atoms with Gasteiger partial charge in [0.15, 0.2) is 24.7 Å². The lowest BCUT2D eigenvalue weighted by atomic mass is 10.0. The van der Waals surface area contributed by atoms with Crippen LogP contribution in [-0.2, 0) is 13.0 Å². The number of hydrogen-bond donors (Lipinski definition) is 0. The highest BCUT2D eigenvalue weighted by molar-refractivity contribution is 9.10. The summed E-state index contributed by atoms with van der Waals surface area (Å²) in [4.78, 5) is 12.2. The monoisotopic (exact) mass is 366 g/mol. The molecular formula is C20H17BrNO+. The first-order chi connectivity index (χ1) is 11.2. The van der Waals surface area contributed by atoms with E-state index in [1.807, 2.05) is 67.0 Å². The largest absolute Gasteiger partial charge is 0.294 e. The molecule has 3 aromatic rings. The van der Waals surface area contributed by atoms with E-state index >= 15 is 0 Å². The van der Waals surface area contributed by atoms with Crippen molar-refractivity contribution in [2.45, 2.75) is 13.0 Å². The van der Waals surface area contributed by atoms with Crippen LogP contribution in [0.15, 0.2) is 83.6 Å². The van der Waals surface area contributed by atoms with Crippen molar-refractivity contribution in [3.05, 3.63) is 100 Å². The molecule has 0 radical (unpaired) electrons. The van der Waals surface area contributed by atoms with E-state index in [1.54, 1.807) is 0 Å². The van der Waals surface area contributed by atoms with Gasteiger partial charge in [-0.3, -0.25) is 4.79 Å². The Kier molecular flexibility index (Phi) is 4.99. The van der Waals surface area contributed by atoms with Gasteiger partial charge < -0.3 is 0 Å². The van der Waals surface area contributed by atoms with Crippen LogP contribution in [0.1, 0.15) is 21.5 Å². The van der Waals surface area contributed by atoms with Crippen LogP contribution in [0.2, 0.25) is 0 Å². The number of benzene rings is 2. The van der Waals surface area contributed by atoms with Crippen LogP contribution in [0.4, 0.5) is 0 Å². The van der Waals surface area contributed by atoms with Gasteiger partial charge in [-0.2, -0.15) is 0 Å². The Morgan fingerprint density at radius 1 is 0.826 bits per heavy atom. The number of hydrogen-bond acceptors (Lipinski definition) is 1. The van der Waals surface area contributed by atoms with Crippen molar-refractivity contribution >= 4 is 21.7 Å². The summed E-state index contributed by atoms with van der Waals surface area (Å²) in [6.45, 7) is 0.820. The minimum absolute atomic E-state index is 0.149. The first-order valence-corrected chi connectivity index (χ1v) is 8.31. The molecular weight excluding hydrogens is 350 g/mol. The summed E-state index contributed by atoms with van der Waals surface area (Å²) in [7, 11) is 0. The molecule has 0 saturated carbocycles. The number of halogens is 1. The van der Waals surface area contributed by atoms with Crippen molar-refractivity contribution in [2.75, 3.05) is 0 Å². The normalized spacial score (nSPS) is 10.5. The van der Waals surface area contributed by atoms with Crippen LogP contribution < -0.4 is 4.57 Å². The van der Waals surface area contributed by atoms with Gasteiger partial charge >= 0.3 is 0 Å². The highest BCUT2D eigenvalue weighted by Crippen LogP contribution is 2.10. The number of Topliss-reactive ketones (excluding diaryl/α,β-unsaturated/α-hetero) is 1. The van der Waals surface area contributed by atoms with Crippen LogP contribution in [0.3, 0.4) is 0 Å². The molecule has 0 bridgehead atoms. The van der Waals surface area contributed by atoms with Gasteiger partial charge in [-0.05, 0) is 17.7 Å². The van der Waals surface area contributed by atoms with Crippen LogP contribution in [0, 0.1) is 0 Å². The van der Waals surface area contributed by atoms with Gasteiger partial charge in [0, 0.05) is 34.2 Å². The average molecular weight is 367 g/mol. The molecule has 0 aliphatic heterocycles. The topological polar surface area (TPSA) is 20.9 Å². The number of aromatic nitrogens is 1. The third-order valence-corrected chi connectivity index (χ3v) is 4.23. The zero-order valence-electron chi connectivity index (χ0n) is 12.7. The maximum absolute atomic E-state index is 12.2. The van der Waals surface area contributed by atoms with Crippen LogP contribution >= 0.6 is 15.9 Å². The van der Waals surface area contributed by atoms with Gasteiger partial charge in [0.05, 0.1) is 0 Å². The smallest absolute Gasteiger partial charge is 0.173 e. The van der Waals surface area contributed by atoms with Gasteiger partial charge in [-0.15, -0.1) is 0 Å². The average Bonchev–Trinajstić information content (AvgIpc) is 2.59. The van der Waals surface area contributed by atoms with Crippen molar-refractivity contribution in [3.8, 4) is 0 Å². The molecule has 0 aliphatic rings. The third kappa shape index (κ3) is 4.36. The summed E-state index contributed by atoms with van der Waals surface area (Å²) in [6.07, 6.45) is 4.48. The summed E-state index contributed by atoms with van der Waals surface area (Å²) in [5, 5.41) is 0. The van der Waals surface area contributed by atoms with Crippen molar-refractivity contribution in [1.29, 1.82) is 0 Å². The zero-order valence-corrected chi connectivity index (χ0v) is 14.2. The fourth-order valence-corrected chi connectivity index (χ4v) is 2.69. The van der Waals surface area contributed by atoms with E-state index < -0.39 is 0 Å². The third-order valence-electron chi connectivity index (χ3n) is 3.70. The molecule has 114 valence electrons. The number of nitrogens with zero attached hydrogens (tertiary/aromatic N) is 1. The lowest BCUT2D eigenvalue weighted by Crippen LogP contribution is -2.33. The van der Waals surface area contributed by atoms with Gasteiger partial charge in [-0.1, -0.05) is 58.4 Å². The summed E-state index contributed by atoms with van der Waals surface area (Å²) >= 11 is 3.44. The lowest BCUT2D eigenvalue weighted by molar-refractivity contribution is -0.688. The van der Waals surface area contributed by atoms with Gasteiger partial charge in [0.2, 0.25) is 0 Å². The second-order valence-electron chi connectivity index (χ2n) is 5.47. The first-order valence-electron chi connectivity index (χ1n) is 7.51. The molecule has 0 amide bonds. The minimum Gasteiger partial charge on any atom is -0.294 e. The number of rotatable bonds is 5. The maximum Gasteiger partial charge on any atom is 0.173 e. The Morgan fingerprint density at radius 2 is 1.48 bits per heavy atom. The van der Waals surface area contributed by atoms with Crippen LogP contribution in [0.25, 0.3) is 0 Å². The highest BCUT2D eigenvalue weighted by atomic mass is 79.9. The fraction of sp³-hybridized carbons (Fsp3) is 0.100. The lowest BCUT2D eigenvalue weighted by Gasteiger charge is -2.02. The summed E-state index contributed by atoms with van der Waals surface area (Å²) in [6, 6.07) is 21.7. The molecule has 1 heterocycles. The maximum atomic E-state index is 12.2. The van der Waals surface area contributed by atoms with Gasteiger partial charge in [0.25, 0.3) is 0 Å². The predicted octanol–water partition coefficient (Wildman–Crippen LogP) is 4.21. The Morgan fingerprint density at radius 3 is 2.13 bits per heavy atom. The number of ketones is 1. The number of pyridine rings is 1. The van der Waals surface area contributed by atoms with Crippen LogP contribution in [0.5, 0.6) is 0 Å². The molecule has 0 atom stereocenters. The molecule has 0 fully saturated rings. The molecule has 3 heteroatoms. The van der Waals surface area contributed by atoms with Crippen molar-refractivity contribution in [2.24, 2.45) is 0 Å². The SMILES string of the molecule is O=C(Cc1cc[n+](Cc2ccc(Br)cc2)cc1)c1ccccc1. The molecule has 0 aliphatic carbocycles. The molecule has 0 spiro atoms. The molecule has 3 rings (SSSR count). The van der Waals surface area contributed by atoms with Crippen molar-refractivity contribution < 1.29 is 9.36 Å². The number of carbonyl (C=O) groups is 1. The van der Waals surface area contributed by atoms with E-state index in [-0.39, 0.29) is 5.78 Å². The zero-order chi connectivity index (χ0) is 16.1. The molecule has 0 unspecified atom stereocenters. The molecule has 23 heavy (non-hydrogen) atoms. The van der Waals surface area contributed by atoms with Crippen molar-refractivity contribution in [3.63, 3.8) is 0 Å². The van der Waals surface area contributed by atoms with Crippen molar-refractivity contribution in [1.82, 2.24) is 0 Å². The predicted molar refractivity (Wildman–Crippen MR) is 94.4 cm³/mol. The Hall–Kier alpha value is -2.26. The van der Waals surface area contributed by atoms with E-state index in [0.29, 0.717) is 6.42 Å². The van der Waals surface area contributed by atoms with Gasteiger partial charge in [-0.25, -0.2) is 4.57 Å². The molecule has 2 nitrogen and oxygen atoms in total. The summed E-state index contributed by atoms with van der Waals surface area (Å²) < 4.78 is 3.20. The van der Waals surface area contributed by atoms with E-state index in [2.05, 4.69) is 32.6 Å². The standard InChI is InChI=1S/C20H17BrNO/c21-19-8-6-17(7-9-19)15-22-12-10-16(11-13-22)14-20(23)18-4-2-1-3-5-18/h1-13H,14-15H2/q+1. The molecule has 1 aromatic heterocycles. The molecule has 0 saturated heterocycles. The van der Waals surface area contributed by atoms with Gasteiger partial charge in [0.1, 0.15) is 0 Å². The van der Waals surface area contributed by atoms with Crippen LogP contribution in [-0.4, -0.2) is 5.78 Å². The molecule has 2 aromatic carbocycles. The summed E-state index contributed by atoms with van der Waals surface area (Å²) in [5.74, 6) is 0.149. The summed E-state index contributed by atoms with van der Waals surface area (Å²) in [5.41, 5.74) is 3.04. The van der Waals surface area contributed by atoms with E-state index in [1.165, 1.54) is 5.56 Å². The van der Waals surface area contributed by atoms with E-state index in [9.17, 15) is 4.79 Å². The first kappa shape index (κ1) is 15.6. The fourth-order valence-electron chi connectivity index (χ4n) is 2.42. The van der Waals surface area contributed by atoms with E-state index in [0.717, 1.165) is 22.1 Å². The quantitative estimate of drug-likeness (QED) is 0.489. The minimum atomic E-state index is 0.149. The second-order valence-corrected chi connectivity index (χ2v) is 6.39. The Labute approximate surface area is 144 Å². The second kappa shape index (κ2) is 7.34. The number of carbonyl (C=O) groups excluding carboxylic acids is 1. The molecule has 0 N–H and O–H groups in total.